The summed E-state index contributed by atoms with van der Waals surface area (Å²) in [5.74, 6) is 2.00. The van der Waals surface area contributed by atoms with Crippen LogP contribution < -0.4 is 21.1 Å². The highest BCUT2D eigenvalue weighted by atomic mass is 16.5. The number of aryl methyl sites for hydroxylation is 1. The Kier molecular flexibility index (Phi) is 6.48. The normalized spacial score (nSPS) is 28.5. The minimum atomic E-state index is -0.391. The van der Waals surface area contributed by atoms with Gasteiger partial charge in [-0.05, 0) is 86.1 Å². The predicted octanol–water partition coefficient (Wildman–Crippen LogP) is 4.27. The maximum atomic E-state index is 13.8. The van der Waals surface area contributed by atoms with Crippen molar-refractivity contribution in [2.45, 2.75) is 75.5 Å². The number of aromatic nitrogens is 3. The molecule has 2 aromatic carbocycles. The van der Waals surface area contributed by atoms with E-state index in [1.165, 1.54) is 12.8 Å². The van der Waals surface area contributed by atoms with Crippen LogP contribution in [0, 0.1) is 17.8 Å². The number of benzene rings is 2. The largest absolute Gasteiger partial charge is 0.494 e. The van der Waals surface area contributed by atoms with Crippen LogP contribution in [0.2, 0.25) is 0 Å². The second kappa shape index (κ2) is 10.6. The lowest BCUT2D eigenvalue weighted by molar-refractivity contribution is -0.127. The molecule has 11 heteroatoms. The van der Waals surface area contributed by atoms with Crippen molar-refractivity contribution in [1.82, 2.24) is 29.7 Å². The van der Waals surface area contributed by atoms with Gasteiger partial charge in [-0.3, -0.25) is 14.9 Å². The van der Waals surface area contributed by atoms with E-state index in [1.54, 1.807) is 7.11 Å². The minimum Gasteiger partial charge on any atom is -0.494 e. The molecule has 6 atom stereocenters. The fraction of sp³-hybridized carbons (Fsp3) is 0.500. The number of ether oxygens (including phenoxy) is 1. The molecule has 0 spiro atoms. The first kappa shape index (κ1) is 28.8. The van der Waals surface area contributed by atoms with E-state index in [0.29, 0.717) is 29.7 Å². The third-order valence-electron chi connectivity index (χ3n) is 11.8. The Labute approximate surface area is 272 Å². The minimum absolute atomic E-state index is 0.00778. The molecule has 4 N–H and O–H groups in total. The smallest absolute Gasteiger partial charge is 0.321 e. The number of fused-ring (bicyclic) bond motifs is 5. The van der Waals surface area contributed by atoms with Crippen molar-refractivity contribution in [3.05, 3.63) is 47.5 Å². The number of nitrogens with one attached hydrogen (secondary N) is 2. The van der Waals surface area contributed by atoms with Gasteiger partial charge in [0.05, 0.1) is 24.2 Å². The number of rotatable bonds is 6. The van der Waals surface area contributed by atoms with Crippen molar-refractivity contribution in [3.63, 3.8) is 0 Å². The Morgan fingerprint density at radius 2 is 1.91 bits per heavy atom. The van der Waals surface area contributed by atoms with Crippen molar-refractivity contribution in [2.24, 2.45) is 30.5 Å². The quantitative estimate of drug-likeness (QED) is 0.290. The molecule has 4 amide bonds. The summed E-state index contributed by atoms with van der Waals surface area (Å²) in [6.07, 6.45) is 7.15. The number of carbonyl (C=O) groups excluding carboxylic acids is 3. The number of amides is 4. The highest BCUT2D eigenvalue weighted by Crippen LogP contribution is 2.43. The molecule has 244 valence electrons. The maximum absolute atomic E-state index is 13.8. The van der Waals surface area contributed by atoms with Gasteiger partial charge in [-0.15, -0.1) is 0 Å². The van der Waals surface area contributed by atoms with Gasteiger partial charge in [0.2, 0.25) is 5.91 Å². The van der Waals surface area contributed by atoms with Gasteiger partial charge in [-0.2, -0.15) is 0 Å². The van der Waals surface area contributed by atoms with Crippen molar-refractivity contribution in [3.8, 4) is 17.3 Å². The first-order valence-corrected chi connectivity index (χ1v) is 17.1. The maximum Gasteiger partial charge on any atom is 0.321 e. The zero-order chi connectivity index (χ0) is 32.1. The number of methoxy groups -OCH3 is 1. The van der Waals surface area contributed by atoms with E-state index in [2.05, 4.69) is 44.0 Å². The number of nitrogens with zero attached hydrogens (tertiary/aromatic N) is 4. The van der Waals surface area contributed by atoms with E-state index < -0.39 is 6.03 Å². The molecule has 4 heterocycles. The van der Waals surface area contributed by atoms with Crippen LogP contribution in [-0.2, 0) is 18.4 Å². The number of likely N-dealkylation sites (tertiary alicyclic amines) is 1. The molecular formula is C36H41N7O4. The molecule has 3 unspecified atom stereocenters. The average Bonchev–Trinajstić information content (AvgIpc) is 3.47. The van der Waals surface area contributed by atoms with Gasteiger partial charge in [-0.25, -0.2) is 9.78 Å². The van der Waals surface area contributed by atoms with Crippen molar-refractivity contribution in [1.29, 1.82) is 0 Å². The molecule has 2 aliphatic heterocycles. The molecule has 0 radical (unpaired) electrons. The number of piperidine rings is 1. The average molecular weight is 636 g/mol. The number of urea groups is 1. The summed E-state index contributed by atoms with van der Waals surface area (Å²) in [5.41, 5.74) is 11.9. The highest BCUT2D eigenvalue weighted by Gasteiger charge is 2.47. The third-order valence-corrected chi connectivity index (χ3v) is 11.8. The lowest BCUT2D eigenvalue weighted by Gasteiger charge is -2.40. The second-order valence-electron chi connectivity index (χ2n) is 14.5. The first-order valence-electron chi connectivity index (χ1n) is 17.1. The molecule has 9 rings (SSSR count). The van der Waals surface area contributed by atoms with Crippen LogP contribution in [-0.4, -0.2) is 68.6 Å². The molecule has 5 aliphatic rings. The number of imide groups is 1. The van der Waals surface area contributed by atoms with Crippen LogP contribution in [0.5, 0.6) is 5.75 Å². The number of imidazole rings is 1. The van der Waals surface area contributed by atoms with Gasteiger partial charge in [-0.1, -0.05) is 18.6 Å². The van der Waals surface area contributed by atoms with Crippen molar-refractivity contribution in [2.75, 3.05) is 13.7 Å². The Hall–Kier alpha value is -4.38. The predicted molar refractivity (Wildman–Crippen MR) is 177 cm³/mol. The SMILES string of the molecule is COc1cc(C(=O)N2C[C@H]3CC[C@@H]2[C@@H]3N)cc2nc(-c3cc4ccc(C5CCCC6NC(=O)NC(=O)C65)cc4n3CC3CC3)n(C)c12. The molecule has 2 bridgehead atoms. The zero-order valence-electron chi connectivity index (χ0n) is 26.9. The van der Waals surface area contributed by atoms with Gasteiger partial charge >= 0.3 is 6.03 Å². The summed E-state index contributed by atoms with van der Waals surface area (Å²) >= 11 is 0. The topological polar surface area (TPSA) is 137 Å². The number of carbonyl (C=O) groups is 3. The summed E-state index contributed by atoms with van der Waals surface area (Å²) in [4.78, 5) is 46.0. The van der Waals surface area contributed by atoms with Crippen LogP contribution >= 0.6 is 0 Å². The molecule has 47 heavy (non-hydrogen) atoms. The van der Waals surface area contributed by atoms with Crippen LogP contribution in [0.15, 0.2) is 36.4 Å². The van der Waals surface area contributed by atoms with Gasteiger partial charge in [0.25, 0.3) is 5.91 Å². The van der Waals surface area contributed by atoms with E-state index in [-0.39, 0.29) is 41.8 Å². The summed E-state index contributed by atoms with van der Waals surface area (Å²) < 4.78 is 10.3. The van der Waals surface area contributed by atoms with Gasteiger partial charge in [0.1, 0.15) is 11.3 Å². The number of hydrogen-bond donors (Lipinski definition) is 3. The molecule has 2 saturated heterocycles. The van der Waals surface area contributed by atoms with Crippen LogP contribution in [0.3, 0.4) is 0 Å². The Balaban J connectivity index is 1.12. The Morgan fingerprint density at radius 3 is 2.66 bits per heavy atom. The molecule has 5 fully saturated rings. The van der Waals surface area contributed by atoms with E-state index in [1.807, 2.05) is 24.1 Å². The second-order valence-corrected chi connectivity index (χ2v) is 14.5. The fourth-order valence-corrected chi connectivity index (χ4v) is 9.21. The fourth-order valence-electron chi connectivity index (χ4n) is 9.21. The van der Waals surface area contributed by atoms with Crippen molar-refractivity contribution < 1.29 is 19.1 Å². The van der Waals surface area contributed by atoms with E-state index in [9.17, 15) is 14.4 Å². The standard InChI is InChI=1S/C36H41N7O4/c1-41-32-25(12-22(15-29(32)47-2)35(45)43-17-21-10-11-26(43)31(21)37)38-33(41)28-14-20-9-8-19(13-27(20)42(28)16-18-6-7-18)23-4-3-5-24-30(23)34(44)40-36(46)39-24/h8-9,12-15,18,21,23-24,26,30-31H,3-7,10-11,16-17,37H2,1-2H3,(H2,39,40,44,46)/t21-,23?,24?,26-,30?,31-/m1/s1. The molecule has 11 nitrogen and oxygen atoms in total. The third kappa shape index (κ3) is 4.49. The van der Waals surface area contributed by atoms with Crippen LogP contribution in [0.1, 0.15) is 66.8 Å². The van der Waals surface area contributed by atoms with Gasteiger partial charge < -0.3 is 29.8 Å². The lowest BCUT2D eigenvalue weighted by atomic mass is 9.71. The Bertz CT molecular complexity index is 1970. The van der Waals surface area contributed by atoms with E-state index >= 15 is 0 Å². The van der Waals surface area contributed by atoms with Gasteiger partial charge in [0, 0.05) is 54.7 Å². The molecular weight excluding hydrogens is 594 g/mol. The lowest BCUT2D eigenvalue weighted by Crippen LogP contribution is -2.60. The van der Waals surface area contributed by atoms with Crippen LogP contribution in [0.4, 0.5) is 4.79 Å². The Morgan fingerprint density at radius 1 is 1.06 bits per heavy atom. The molecule has 4 aromatic rings. The van der Waals surface area contributed by atoms with E-state index in [0.717, 1.165) is 77.7 Å². The van der Waals surface area contributed by atoms with Crippen LogP contribution in [0.25, 0.3) is 33.5 Å². The molecule has 3 aliphatic carbocycles. The summed E-state index contributed by atoms with van der Waals surface area (Å²) in [5, 5.41) is 6.62. The zero-order valence-corrected chi connectivity index (χ0v) is 26.9. The first-order chi connectivity index (χ1) is 22.8. The monoisotopic (exact) mass is 635 g/mol. The highest BCUT2D eigenvalue weighted by molar-refractivity contribution is 6.01. The molecule has 3 saturated carbocycles. The number of nitrogens with two attached hydrogens (primary N) is 1. The summed E-state index contributed by atoms with van der Waals surface area (Å²) in [6, 6.07) is 12.2. The van der Waals surface area contributed by atoms with Gasteiger partial charge in [0.15, 0.2) is 5.82 Å². The number of hydrogen-bond acceptors (Lipinski definition) is 6. The van der Waals surface area contributed by atoms with E-state index in [4.69, 9.17) is 15.5 Å². The summed E-state index contributed by atoms with van der Waals surface area (Å²) in [6.45, 7) is 1.60. The summed E-state index contributed by atoms with van der Waals surface area (Å²) in [7, 11) is 3.65. The van der Waals surface area contributed by atoms with Crippen molar-refractivity contribution >= 4 is 39.8 Å². The molecule has 2 aromatic heterocycles.